The number of hydrogen-bond donors (Lipinski definition) is 0. The standard InChI is InChI=1S/C16H22O3/c1-12(17)10-16-11-15(18-13(2)19-16)9-8-14-6-4-3-5-7-14/h3-7,13,15-16H,8-11H2,1-2H3/t13-,15-,16+/m0/s1. The Morgan fingerprint density at radius 1 is 1.21 bits per heavy atom. The molecule has 3 nitrogen and oxygen atoms in total. The molecule has 0 bridgehead atoms. The number of hydrogen-bond acceptors (Lipinski definition) is 3. The summed E-state index contributed by atoms with van der Waals surface area (Å²) in [6.45, 7) is 3.52. The molecule has 1 aromatic rings. The minimum Gasteiger partial charge on any atom is -0.350 e. The number of Topliss-reactive ketones (excluding diaryl/α,β-unsaturated/α-hetero) is 1. The van der Waals surface area contributed by atoms with Gasteiger partial charge >= 0.3 is 0 Å². The fourth-order valence-electron chi connectivity index (χ4n) is 2.59. The van der Waals surface area contributed by atoms with Gasteiger partial charge in [0.05, 0.1) is 12.2 Å². The van der Waals surface area contributed by atoms with Crippen LogP contribution in [0.2, 0.25) is 0 Å². The zero-order valence-corrected chi connectivity index (χ0v) is 11.7. The molecule has 3 atom stereocenters. The molecule has 0 N–H and O–H groups in total. The molecule has 19 heavy (non-hydrogen) atoms. The molecule has 1 heterocycles. The van der Waals surface area contributed by atoms with Crippen molar-refractivity contribution in [1.82, 2.24) is 0 Å². The lowest BCUT2D eigenvalue weighted by Gasteiger charge is -2.34. The molecule has 1 aliphatic rings. The summed E-state index contributed by atoms with van der Waals surface area (Å²) < 4.78 is 11.4. The van der Waals surface area contributed by atoms with Gasteiger partial charge in [-0.3, -0.25) is 4.79 Å². The summed E-state index contributed by atoms with van der Waals surface area (Å²) in [6, 6.07) is 10.4. The van der Waals surface area contributed by atoms with Gasteiger partial charge < -0.3 is 9.47 Å². The van der Waals surface area contributed by atoms with Gasteiger partial charge in [-0.1, -0.05) is 30.3 Å². The van der Waals surface area contributed by atoms with Crippen LogP contribution in [0.25, 0.3) is 0 Å². The molecular weight excluding hydrogens is 240 g/mol. The van der Waals surface area contributed by atoms with Gasteiger partial charge in [0.1, 0.15) is 5.78 Å². The first-order valence-electron chi connectivity index (χ1n) is 6.98. The highest BCUT2D eigenvalue weighted by Gasteiger charge is 2.28. The maximum absolute atomic E-state index is 11.2. The van der Waals surface area contributed by atoms with E-state index in [2.05, 4.69) is 24.3 Å². The highest BCUT2D eigenvalue weighted by molar-refractivity contribution is 5.75. The van der Waals surface area contributed by atoms with E-state index in [9.17, 15) is 4.79 Å². The van der Waals surface area contributed by atoms with Crippen molar-refractivity contribution in [3.05, 3.63) is 35.9 Å². The molecule has 0 saturated carbocycles. The van der Waals surface area contributed by atoms with Crippen LogP contribution in [0.1, 0.15) is 38.7 Å². The lowest BCUT2D eigenvalue weighted by Crippen LogP contribution is -2.37. The van der Waals surface area contributed by atoms with Crippen LogP contribution in [0.4, 0.5) is 0 Å². The number of rotatable bonds is 5. The summed E-state index contributed by atoms with van der Waals surface area (Å²) in [4.78, 5) is 11.2. The molecule has 0 unspecified atom stereocenters. The van der Waals surface area contributed by atoms with Crippen molar-refractivity contribution in [2.45, 2.75) is 58.0 Å². The molecule has 1 fully saturated rings. The van der Waals surface area contributed by atoms with Crippen LogP contribution < -0.4 is 0 Å². The van der Waals surface area contributed by atoms with Crippen molar-refractivity contribution in [2.75, 3.05) is 0 Å². The third kappa shape index (κ3) is 4.77. The van der Waals surface area contributed by atoms with E-state index in [1.54, 1.807) is 6.92 Å². The van der Waals surface area contributed by atoms with Crippen LogP contribution in [0, 0.1) is 0 Å². The fraction of sp³-hybridized carbons (Fsp3) is 0.562. The molecule has 2 rings (SSSR count). The molecule has 0 spiro atoms. The molecule has 0 aromatic heterocycles. The summed E-state index contributed by atoms with van der Waals surface area (Å²) in [7, 11) is 0. The van der Waals surface area contributed by atoms with Crippen LogP contribution in [-0.2, 0) is 20.7 Å². The third-order valence-electron chi connectivity index (χ3n) is 3.41. The first kappa shape index (κ1) is 14.2. The van der Waals surface area contributed by atoms with Crippen LogP contribution in [0.3, 0.4) is 0 Å². The van der Waals surface area contributed by atoms with Gasteiger partial charge in [0, 0.05) is 12.8 Å². The summed E-state index contributed by atoms with van der Waals surface area (Å²) >= 11 is 0. The molecule has 104 valence electrons. The van der Waals surface area contributed by atoms with E-state index in [0.29, 0.717) is 6.42 Å². The van der Waals surface area contributed by atoms with E-state index in [0.717, 1.165) is 19.3 Å². The molecule has 1 aliphatic heterocycles. The summed E-state index contributed by atoms with van der Waals surface area (Å²) in [5.41, 5.74) is 1.33. The normalized spacial score (nSPS) is 27.2. The molecule has 3 heteroatoms. The van der Waals surface area contributed by atoms with Crippen molar-refractivity contribution >= 4 is 5.78 Å². The van der Waals surface area contributed by atoms with Gasteiger partial charge in [0.15, 0.2) is 6.29 Å². The van der Waals surface area contributed by atoms with Crippen LogP contribution in [0.5, 0.6) is 0 Å². The average Bonchev–Trinajstić information content (AvgIpc) is 2.36. The first-order valence-corrected chi connectivity index (χ1v) is 6.98. The Labute approximate surface area is 114 Å². The zero-order chi connectivity index (χ0) is 13.7. The Kier molecular flexibility index (Phi) is 5.11. The lowest BCUT2D eigenvalue weighted by molar-refractivity contribution is -0.234. The summed E-state index contributed by atoms with van der Waals surface area (Å²) in [5.74, 6) is 0.181. The van der Waals surface area contributed by atoms with Crippen molar-refractivity contribution in [2.24, 2.45) is 0 Å². The smallest absolute Gasteiger partial charge is 0.155 e. The zero-order valence-electron chi connectivity index (χ0n) is 11.7. The Bertz CT molecular complexity index is 402. The third-order valence-corrected chi connectivity index (χ3v) is 3.41. The summed E-state index contributed by atoms with van der Waals surface area (Å²) in [6.07, 6.45) is 3.29. The topological polar surface area (TPSA) is 35.5 Å². The van der Waals surface area contributed by atoms with Crippen molar-refractivity contribution < 1.29 is 14.3 Å². The maximum atomic E-state index is 11.2. The van der Waals surface area contributed by atoms with E-state index in [1.165, 1.54) is 5.56 Å². The first-order chi connectivity index (χ1) is 9.13. The van der Waals surface area contributed by atoms with Gasteiger partial charge in [-0.2, -0.15) is 0 Å². The maximum Gasteiger partial charge on any atom is 0.155 e. The highest BCUT2D eigenvalue weighted by atomic mass is 16.7. The van der Waals surface area contributed by atoms with E-state index in [4.69, 9.17) is 9.47 Å². The largest absolute Gasteiger partial charge is 0.350 e. The number of ether oxygens (including phenoxy) is 2. The second-order valence-electron chi connectivity index (χ2n) is 5.25. The number of ketones is 1. The molecule has 0 amide bonds. The Morgan fingerprint density at radius 3 is 2.58 bits per heavy atom. The Morgan fingerprint density at radius 2 is 1.89 bits per heavy atom. The lowest BCUT2D eigenvalue weighted by atomic mass is 9.99. The predicted octanol–water partition coefficient (Wildman–Crippen LogP) is 3.12. The number of carbonyl (C=O) groups excluding carboxylic acids is 1. The van der Waals surface area contributed by atoms with E-state index in [-0.39, 0.29) is 24.3 Å². The second-order valence-corrected chi connectivity index (χ2v) is 5.25. The Hall–Kier alpha value is -1.19. The molecule has 0 radical (unpaired) electrons. The number of aryl methyl sites for hydroxylation is 1. The predicted molar refractivity (Wildman–Crippen MR) is 73.9 cm³/mol. The van der Waals surface area contributed by atoms with Crippen LogP contribution in [0.15, 0.2) is 30.3 Å². The summed E-state index contributed by atoms with van der Waals surface area (Å²) in [5, 5.41) is 0. The SMILES string of the molecule is CC(=O)C[C@@H]1C[C@H](CCc2ccccc2)O[C@H](C)O1. The number of benzene rings is 1. The van der Waals surface area contributed by atoms with Gasteiger partial charge in [0.2, 0.25) is 0 Å². The minimum absolute atomic E-state index is 0.0158. The molecular formula is C16H22O3. The monoisotopic (exact) mass is 262 g/mol. The number of carbonyl (C=O) groups is 1. The van der Waals surface area contributed by atoms with E-state index < -0.39 is 0 Å². The molecule has 1 aromatic carbocycles. The van der Waals surface area contributed by atoms with E-state index >= 15 is 0 Å². The quantitative estimate of drug-likeness (QED) is 0.818. The van der Waals surface area contributed by atoms with Gasteiger partial charge in [-0.25, -0.2) is 0 Å². The van der Waals surface area contributed by atoms with Crippen LogP contribution >= 0.6 is 0 Å². The van der Waals surface area contributed by atoms with E-state index in [1.807, 2.05) is 13.0 Å². The van der Waals surface area contributed by atoms with Gasteiger partial charge in [0.25, 0.3) is 0 Å². The van der Waals surface area contributed by atoms with Gasteiger partial charge in [-0.05, 0) is 32.3 Å². The van der Waals surface area contributed by atoms with Crippen LogP contribution in [-0.4, -0.2) is 24.3 Å². The van der Waals surface area contributed by atoms with Crippen molar-refractivity contribution in [3.8, 4) is 0 Å². The molecule has 1 saturated heterocycles. The Balaban J connectivity index is 1.84. The average molecular weight is 262 g/mol. The van der Waals surface area contributed by atoms with Crippen molar-refractivity contribution in [3.63, 3.8) is 0 Å². The fourth-order valence-corrected chi connectivity index (χ4v) is 2.59. The highest BCUT2D eigenvalue weighted by Crippen LogP contribution is 2.24. The second kappa shape index (κ2) is 6.83. The molecule has 0 aliphatic carbocycles. The minimum atomic E-state index is -0.209. The van der Waals surface area contributed by atoms with Gasteiger partial charge in [-0.15, -0.1) is 0 Å². The van der Waals surface area contributed by atoms with Crippen molar-refractivity contribution in [1.29, 1.82) is 0 Å².